The topological polar surface area (TPSA) is 36.4 Å². The van der Waals surface area contributed by atoms with Gasteiger partial charge in [0.05, 0.1) is 17.7 Å². The van der Waals surface area contributed by atoms with Crippen LogP contribution in [-0.4, -0.2) is 29.3 Å². The van der Waals surface area contributed by atoms with Crippen LogP contribution >= 0.6 is 11.6 Å². The minimum Gasteiger partial charge on any atom is -0.394 e. The van der Waals surface area contributed by atoms with E-state index < -0.39 is 0 Å². The molecule has 0 bridgehead atoms. The summed E-state index contributed by atoms with van der Waals surface area (Å²) in [6, 6.07) is 3.80. The quantitative estimate of drug-likeness (QED) is 0.838. The second kappa shape index (κ2) is 4.37. The first-order valence-electron chi connectivity index (χ1n) is 5.22. The standard InChI is InChI=1S/C11H15ClN2O/c1-8-4-6-14(10(8)7-15)11-9(12)3-2-5-13-11/h2-3,5,8,10,15H,4,6-7H2,1H3. The number of halogens is 1. The number of nitrogens with zero attached hydrogens (tertiary/aromatic N) is 2. The highest BCUT2D eigenvalue weighted by Gasteiger charge is 2.32. The second-order valence-corrected chi connectivity index (χ2v) is 4.43. The van der Waals surface area contributed by atoms with Gasteiger partial charge in [0.2, 0.25) is 0 Å². The molecule has 1 aliphatic rings. The van der Waals surface area contributed by atoms with E-state index in [9.17, 15) is 5.11 Å². The molecule has 1 aromatic heterocycles. The molecule has 0 radical (unpaired) electrons. The van der Waals surface area contributed by atoms with E-state index in [4.69, 9.17) is 11.6 Å². The van der Waals surface area contributed by atoms with Crippen molar-refractivity contribution in [3.05, 3.63) is 23.4 Å². The van der Waals surface area contributed by atoms with Gasteiger partial charge in [0.25, 0.3) is 0 Å². The van der Waals surface area contributed by atoms with Gasteiger partial charge in [-0.1, -0.05) is 18.5 Å². The summed E-state index contributed by atoms with van der Waals surface area (Å²) in [5.41, 5.74) is 0. The second-order valence-electron chi connectivity index (χ2n) is 4.02. The maximum absolute atomic E-state index is 9.35. The third kappa shape index (κ3) is 1.94. The Kier molecular flexibility index (Phi) is 3.12. The predicted molar refractivity (Wildman–Crippen MR) is 61.2 cm³/mol. The molecule has 2 unspecified atom stereocenters. The molecule has 1 aliphatic heterocycles. The fourth-order valence-electron chi connectivity index (χ4n) is 2.14. The van der Waals surface area contributed by atoms with Crippen molar-refractivity contribution in [2.75, 3.05) is 18.1 Å². The molecular weight excluding hydrogens is 212 g/mol. The van der Waals surface area contributed by atoms with Crippen LogP contribution in [0.5, 0.6) is 0 Å². The lowest BCUT2D eigenvalue weighted by Crippen LogP contribution is -2.35. The summed E-state index contributed by atoms with van der Waals surface area (Å²) in [6.45, 7) is 3.23. The smallest absolute Gasteiger partial charge is 0.147 e. The Labute approximate surface area is 94.7 Å². The van der Waals surface area contributed by atoms with Crippen LogP contribution in [0.1, 0.15) is 13.3 Å². The number of aliphatic hydroxyl groups is 1. The van der Waals surface area contributed by atoms with Gasteiger partial charge < -0.3 is 10.0 Å². The number of pyridine rings is 1. The van der Waals surface area contributed by atoms with Crippen molar-refractivity contribution in [3.63, 3.8) is 0 Å². The highest BCUT2D eigenvalue weighted by Crippen LogP contribution is 2.32. The molecule has 3 nitrogen and oxygen atoms in total. The minimum atomic E-state index is 0.150. The molecule has 1 aromatic rings. The zero-order valence-electron chi connectivity index (χ0n) is 8.73. The van der Waals surface area contributed by atoms with Crippen molar-refractivity contribution in [2.45, 2.75) is 19.4 Å². The Bertz CT molecular complexity index is 345. The van der Waals surface area contributed by atoms with Crippen LogP contribution in [0.3, 0.4) is 0 Å². The number of aromatic nitrogens is 1. The van der Waals surface area contributed by atoms with E-state index in [-0.39, 0.29) is 12.6 Å². The minimum absolute atomic E-state index is 0.150. The maximum Gasteiger partial charge on any atom is 0.147 e. The lowest BCUT2D eigenvalue weighted by atomic mass is 10.0. The SMILES string of the molecule is CC1CCN(c2ncccc2Cl)C1CO. The van der Waals surface area contributed by atoms with Crippen LogP contribution in [0, 0.1) is 5.92 Å². The van der Waals surface area contributed by atoms with Crippen LogP contribution in [0.2, 0.25) is 5.02 Å². The number of aliphatic hydroxyl groups excluding tert-OH is 1. The highest BCUT2D eigenvalue weighted by atomic mass is 35.5. The number of hydrogen-bond acceptors (Lipinski definition) is 3. The van der Waals surface area contributed by atoms with Gasteiger partial charge in [0.15, 0.2) is 0 Å². The molecule has 1 N–H and O–H groups in total. The van der Waals surface area contributed by atoms with E-state index in [1.807, 2.05) is 12.1 Å². The number of anilines is 1. The van der Waals surface area contributed by atoms with Gasteiger partial charge in [-0.05, 0) is 24.5 Å². The third-order valence-corrected chi connectivity index (χ3v) is 3.38. The van der Waals surface area contributed by atoms with E-state index in [0.717, 1.165) is 18.8 Å². The van der Waals surface area contributed by atoms with E-state index in [1.165, 1.54) is 0 Å². The summed E-state index contributed by atoms with van der Waals surface area (Å²) < 4.78 is 0. The lowest BCUT2D eigenvalue weighted by molar-refractivity contribution is 0.244. The Morgan fingerprint density at radius 1 is 1.67 bits per heavy atom. The summed E-state index contributed by atoms with van der Waals surface area (Å²) in [6.07, 6.45) is 2.82. The summed E-state index contributed by atoms with van der Waals surface area (Å²) in [7, 11) is 0. The van der Waals surface area contributed by atoms with Gasteiger partial charge in [-0.2, -0.15) is 0 Å². The Balaban J connectivity index is 2.28. The predicted octanol–water partition coefficient (Wildman–Crippen LogP) is 1.94. The van der Waals surface area contributed by atoms with Crippen LogP contribution in [0.4, 0.5) is 5.82 Å². The van der Waals surface area contributed by atoms with Crippen molar-refractivity contribution in [3.8, 4) is 0 Å². The van der Waals surface area contributed by atoms with E-state index >= 15 is 0 Å². The first kappa shape index (κ1) is 10.7. The molecule has 1 saturated heterocycles. The number of rotatable bonds is 2. The van der Waals surface area contributed by atoms with Gasteiger partial charge in [-0.15, -0.1) is 0 Å². The molecule has 15 heavy (non-hydrogen) atoms. The average molecular weight is 227 g/mol. The number of hydrogen-bond donors (Lipinski definition) is 1. The van der Waals surface area contributed by atoms with Crippen molar-refractivity contribution < 1.29 is 5.11 Å². The van der Waals surface area contributed by atoms with Crippen LogP contribution in [0.25, 0.3) is 0 Å². The zero-order valence-corrected chi connectivity index (χ0v) is 9.48. The van der Waals surface area contributed by atoms with Crippen LogP contribution in [0.15, 0.2) is 18.3 Å². The molecule has 0 aromatic carbocycles. The molecule has 0 saturated carbocycles. The summed E-state index contributed by atoms with van der Waals surface area (Å²) in [4.78, 5) is 6.38. The van der Waals surface area contributed by atoms with Gasteiger partial charge in [-0.25, -0.2) is 4.98 Å². The Morgan fingerprint density at radius 3 is 3.13 bits per heavy atom. The van der Waals surface area contributed by atoms with Crippen molar-refractivity contribution in [1.29, 1.82) is 0 Å². The van der Waals surface area contributed by atoms with Crippen LogP contribution < -0.4 is 4.90 Å². The molecular formula is C11H15ClN2O. The maximum atomic E-state index is 9.35. The fourth-order valence-corrected chi connectivity index (χ4v) is 2.37. The normalized spacial score (nSPS) is 25.9. The van der Waals surface area contributed by atoms with Gasteiger partial charge in [0, 0.05) is 12.7 Å². The Hall–Kier alpha value is -0.800. The first-order valence-corrected chi connectivity index (χ1v) is 5.60. The monoisotopic (exact) mass is 226 g/mol. The molecule has 2 rings (SSSR count). The largest absolute Gasteiger partial charge is 0.394 e. The molecule has 1 fully saturated rings. The summed E-state index contributed by atoms with van der Waals surface area (Å²) in [5.74, 6) is 1.29. The van der Waals surface area contributed by atoms with Gasteiger partial charge >= 0.3 is 0 Å². The van der Waals surface area contributed by atoms with Crippen molar-refractivity contribution in [1.82, 2.24) is 4.98 Å². The van der Waals surface area contributed by atoms with Gasteiger partial charge in [0.1, 0.15) is 5.82 Å². The molecule has 2 heterocycles. The first-order chi connectivity index (χ1) is 7.24. The Morgan fingerprint density at radius 2 is 2.47 bits per heavy atom. The summed E-state index contributed by atoms with van der Waals surface area (Å²) in [5, 5.41) is 10.0. The fraction of sp³-hybridized carbons (Fsp3) is 0.545. The summed E-state index contributed by atoms with van der Waals surface area (Å²) >= 11 is 6.09. The molecule has 2 atom stereocenters. The van der Waals surface area contributed by atoms with E-state index in [0.29, 0.717) is 10.9 Å². The molecule has 4 heteroatoms. The van der Waals surface area contributed by atoms with Crippen molar-refractivity contribution >= 4 is 17.4 Å². The molecule has 82 valence electrons. The average Bonchev–Trinajstić information content (AvgIpc) is 2.60. The van der Waals surface area contributed by atoms with E-state index in [2.05, 4.69) is 16.8 Å². The highest BCUT2D eigenvalue weighted by molar-refractivity contribution is 6.32. The molecule has 0 spiro atoms. The lowest BCUT2D eigenvalue weighted by Gasteiger charge is -2.26. The molecule has 0 aliphatic carbocycles. The van der Waals surface area contributed by atoms with Gasteiger partial charge in [-0.3, -0.25) is 0 Å². The molecule has 0 amide bonds. The van der Waals surface area contributed by atoms with Crippen LogP contribution in [-0.2, 0) is 0 Å². The zero-order chi connectivity index (χ0) is 10.8. The third-order valence-electron chi connectivity index (χ3n) is 3.08. The van der Waals surface area contributed by atoms with E-state index in [1.54, 1.807) is 6.20 Å². The van der Waals surface area contributed by atoms with Crippen molar-refractivity contribution in [2.24, 2.45) is 5.92 Å².